The summed E-state index contributed by atoms with van der Waals surface area (Å²) < 4.78 is 13.8. The van der Waals surface area contributed by atoms with Crippen LogP contribution in [0.2, 0.25) is 5.02 Å². The van der Waals surface area contributed by atoms with E-state index in [9.17, 15) is 9.18 Å². The number of hydrogen-bond acceptors (Lipinski definition) is 2. The van der Waals surface area contributed by atoms with Gasteiger partial charge in [-0.05, 0) is 25.0 Å². The summed E-state index contributed by atoms with van der Waals surface area (Å²) in [7, 11) is 0. The molecule has 0 aromatic heterocycles. The highest BCUT2D eigenvalue weighted by atomic mass is 35.5. The van der Waals surface area contributed by atoms with Crippen LogP contribution in [0.3, 0.4) is 0 Å². The van der Waals surface area contributed by atoms with E-state index in [1.165, 1.54) is 37.8 Å². The number of halogens is 2. The summed E-state index contributed by atoms with van der Waals surface area (Å²) in [6.07, 6.45) is 5.17. The summed E-state index contributed by atoms with van der Waals surface area (Å²) >= 11 is 5.98. The molecular formula is C16H20ClFN2O. The number of hydrogen-bond donors (Lipinski definition) is 0. The first-order valence-electron chi connectivity index (χ1n) is 7.64. The number of piperazine rings is 1. The fourth-order valence-electron chi connectivity index (χ4n) is 3.42. The number of amides is 1. The summed E-state index contributed by atoms with van der Waals surface area (Å²) in [4.78, 5) is 16.6. The molecule has 1 saturated carbocycles. The second-order valence-corrected chi connectivity index (χ2v) is 6.27. The third-order valence-corrected chi connectivity index (χ3v) is 4.93. The number of nitrogens with zero attached hydrogens (tertiary/aromatic N) is 2. The number of carbonyl (C=O) groups excluding carboxylic acids is 1. The summed E-state index contributed by atoms with van der Waals surface area (Å²) in [5.74, 6) is -0.824. The number of carbonyl (C=O) groups is 1. The molecule has 0 N–H and O–H groups in total. The largest absolute Gasteiger partial charge is 0.336 e. The average molecular weight is 311 g/mol. The molecule has 1 aromatic rings. The Morgan fingerprint density at radius 1 is 1.14 bits per heavy atom. The third-order valence-electron chi connectivity index (χ3n) is 4.62. The Morgan fingerprint density at radius 2 is 1.81 bits per heavy atom. The van der Waals surface area contributed by atoms with Gasteiger partial charge in [0.1, 0.15) is 5.82 Å². The minimum Gasteiger partial charge on any atom is -0.336 e. The first-order valence-corrected chi connectivity index (χ1v) is 8.02. The van der Waals surface area contributed by atoms with Gasteiger partial charge in [-0.2, -0.15) is 0 Å². The normalized spacial score (nSPS) is 21.0. The van der Waals surface area contributed by atoms with Gasteiger partial charge in [0.15, 0.2) is 0 Å². The molecule has 0 unspecified atom stereocenters. The smallest absolute Gasteiger partial charge is 0.258 e. The molecule has 21 heavy (non-hydrogen) atoms. The molecule has 2 aliphatic rings. The molecule has 5 heteroatoms. The van der Waals surface area contributed by atoms with Crippen LogP contribution in [-0.4, -0.2) is 47.9 Å². The highest BCUT2D eigenvalue weighted by Gasteiger charge is 2.29. The second kappa shape index (κ2) is 6.32. The molecule has 0 spiro atoms. The molecule has 3 rings (SSSR count). The zero-order chi connectivity index (χ0) is 14.8. The molecule has 1 saturated heterocycles. The monoisotopic (exact) mass is 310 g/mol. The lowest BCUT2D eigenvalue weighted by Crippen LogP contribution is -2.51. The van der Waals surface area contributed by atoms with Crippen molar-refractivity contribution in [2.75, 3.05) is 26.2 Å². The molecule has 0 atom stereocenters. The van der Waals surface area contributed by atoms with Crippen molar-refractivity contribution >= 4 is 17.5 Å². The quantitative estimate of drug-likeness (QED) is 0.837. The van der Waals surface area contributed by atoms with Gasteiger partial charge < -0.3 is 4.90 Å². The molecule has 0 bridgehead atoms. The van der Waals surface area contributed by atoms with Gasteiger partial charge in [-0.15, -0.1) is 0 Å². The fraction of sp³-hybridized carbons (Fsp3) is 0.562. The molecule has 1 aliphatic heterocycles. The Morgan fingerprint density at radius 3 is 2.43 bits per heavy atom. The van der Waals surface area contributed by atoms with Crippen molar-refractivity contribution in [1.82, 2.24) is 9.80 Å². The van der Waals surface area contributed by atoms with Crippen molar-refractivity contribution in [3.63, 3.8) is 0 Å². The predicted molar refractivity (Wildman–Crippen MR) is 81.1 cm³/mol. The van der Waals surface area contributed by atoms with Crippen LogP contribution in [0.1, 0.15) is 36.0 Å². The Bertz CT molecular complexity index is 503. The van der Waals surface area contributed by atoms with E-state index in [0.717, 1.165) is 13.1 Å². The van der Waals surface area contributed by atoms with Gasteiger partial charge >= 0.3 is 0 Å². The van der Waals surface area contributed by atoms with Crippen LogP contribution in [0.4, 0.5) is 4.39 Å². The molecule has 1 aliphatic carbocycles. The van der Waals surface area contributed by atoms with Crippen LogP contribution in [0.5, 0.6) is 0 Å². The van der Waals surface area contributed by atoms with Crippen LogP contribution in [0.25, 0.3) is 0 Å². The first kappa shape index (κ1) is 14.8. The number of rotatable bonds is 2. The number of benzene rings is 1. The van der Waals surface area contributed by atoms with Gasteiger partial charge in [0, 0.05) is 32.2 Å². The Labute approximate surface area is 129 Å². The van der Waals surface area contributed by atoms with Crippen LogP contribution in [-0.2, 0) is 0 Å². The van der Waals surface area contributed by atoms with Gasteiger partial charge in [0.25, 0.3) is 5.91 Å². The van der Waals surface area contributed by atoms with Crippen molar-refractivity contribution in [3.8, 4) is 0 Å². The Balaban J connectivity index is 1.65. The lowest BCUT2D eigenvalue weighted by Gasteiger charge is -2.38. The topological polar surface area (TPSA) is 23.6 Å². The lowest BCUT2D eigenvalue weighted by molar-refractivity contribution is 0.0569. The maximum absolute atomic E-state index is 13.8. The SMILES string of the molecule is O=C(c1c(F)cccc1Cl)N1CCN(C2CCCC2)CC1. The van der Waals surface area contributed by atoms with Crippen molar-refractivity contribution in [1.29, 1.82) is 0 Å². The molecule has 1 aromatic carbocycles. The molecular weight excluding hydrogens is 291 g/mol. The van der Waals surface area contributed by atoms with Gasteiger partial charge in [0.2, 0.25) is 0 Å². The van der Waals surface area contributed by atoms with E-state index in [0.29, 0.717) is 19.1 Å². The van der Waals surface area contributed by atoms with Crippen LogP contribution in [0.15, 0.2) is 18.2 Å². The minimum absolute atomic E-state index is 0.00785. The van der Waals surface area contributed by atoms with E-state index < -0.39 is 5.82 Å². The highest BCUT2D eigenvalue weighted by Crippen LogP contribution is 2.25. The molecule has 1 amide bonds. The van der Waals surface area contributed by atoms with Gasteiger partial charge in [0.05, 0.1) is 10.6 Å². The summed E-state index contributed by atoms with van der Waals surface area (Å²) in [6.45, 7) is 3.06. The fourth-order valence-corrected chi connectivity index (χ4v) is 3.66. The minimum atomic E-state index is -0.536. The summed E-state index contributed by atoms with van der Waals surface area (Å²) in [6, 6.07) is 5.05. The lowest BCUT2D eigenvalue weighted by atomic mass is 10.1. The Hall–Kier alpha value is -1.13. The molecule has 114 valence electrons. The van der Waals surface area contributed by atoms with Crippen molar-refractivity contribution in [2.45, 2.75) is 31.7 Å². The van der Waals surface area contributed by atoms with E-state index in [-0.39, 0.29) is 16.5 Å². The van der Waals surface area contributed by atoms with Gasteiger partial charge in [-0.1, -0.05) is 30.5 Å². The van der Waals surface area contributed by atoms with E-state index in [1.807, 2.05) is 0 Å². The standard InChI is InChI=1S/C16H20ClFN2O/c17-13-6-3-7-14(18)15(13)16(21)20-10-8-19(9-11-20)12-4-1-2-5-12/h3,6-7,12H,1-2,4-5,8-11H2. The van der Waals surface area contributed by atoms with Crippen LogP contribution in [0, 0.1) is 5.82 Å². The second-order valence-electron chi connectivity index (χ2n) is 5.86. The molecule has 0 radical (unpaired) electrons. The highest BCUT2D eigenvalue weighted by molar-refractivity contribution is 6.33. The summed E-state index contributed by atoms with van der Waals surface area (Å²) in [5.41, 5.74) is 0.00785. The van der Waals surface area contributed by atoms with Gasteiger partial charge in [-0.25, -0.2) is 4.39 Å². The molecule has 3 nitrogen and oxygen atoms in total. The van der Waals surface area contributed by atoms with Crippen molar-refractivity contribution < 1.29 is 9.18 Å². The first-order chi connectivity index (χ1) is 10.2. The third kappa shape index (κ3) is 3.06. The molecule has 2 fully saturated rings. The maximum atomic E-state index is 13.8. The van der Waals surface area contributed by atoms with Crippen LogP contribution >= 0.6 is 11.6 Å². The van der Waals surface area contributed by atoms with Crippen molar-refractivity contribution in [3.05, 3.63) is 34.6 Å². The summed E-state index contributed by atoms with van der Waals surface area (Å²) in [5, 5.41) is 0.193. The average Bonchev–Trinajstić information content (AvgIpc) is 3.01. The van der Waals surface area contributed by atoms with Crippen LogP contribution < -0.4 is 0 Å². The maximum Gasteiger partial charge on any atom is 0.258 e. The van der Waals surface area contributed by atoms with E-state index in [1.54, 1.807) is 11.0 Å². The van der Waals surface area contributed by atoms with E-state index in [4.69, 9.17) is 11.6 Å². The molecule has 1 heterocycles. The Kier molecular flexibility index (Phi) is 4.45. The zero-order valence-corrected chi connectivity index (χ0v) is 12.8. The van der Waals surface area contributed by atoms with E-state index >= 15 is 0 Å². The van der Waals surface area contributed by atoms with Gasteiger partial charge in [-0.3, -0.25) is 9.69 Å². The van der Waals surface area contributed by atoms with Crippen molar-refractivity contribution in [2.24, 2.45) is 0 Å². The zero-order valence-electron chi connectivity index (χ0n) is 12.0. The van der Waals surface area contributed by atoms with E-state index in [2.05, 4.69) is 4.90 Å². The predicted octanol–water partition coefficient (Wildman–Crippen LogP) is 3.18.